The highest BCUT2D eigenvalue weighted by atomic mass is 32.1. The van der Waals surface area contributed by atoms with Crippen LogP contribution in [0.5, 0.6) is 0 Å². The van der Waals surface area contributed by atoms with Crippen LogP contribution in [0, 0.1) is 30.4 Å². The molecule has 2 aromatic heterocycles. The van der Waals surface area contributed by atoms with Crippen LogP contribution in [0.1, 0.15) is 113 Å². The van der Waals surface area contributed by atoms with Crippen molar-refractivity contribution in [1.29, 1.82) is 0 Å². The fourth-order valence-corrected chi connectivity index (χ4v) is 9.00. The molecule has 0 N–H and O–H groups in total. The van der Waals surface area contributed by atoms with E-state index in [1.54, 1.807) is 18.3 Å². The van der Waals surface area contributed by atoms with Crippen molar-refractivity contribution >= 4 is 28.7 Å². The Hall–Kier alpha value is -1.78. The maximum Gasteiger partial charge on any atom is 0.132 e. The first kappa shape index (κ1) is 29.2. The molecule has 0 bridgehead atoms. The molecule has 2 heterocycles. The van der Waals surface area contributed by atoms with Gasteiger partial charge in [-0.1, -0.05) is 91.7 Å². The molecule has 2 unspecified atom stereocenters. The summed E-state index contributed by atoms with van der Waals surface area (Å²) in [6.07, 6.45) is 14.0. The van der Waals surface area contributed by atoms with Crippen LogP contribution in [0.15, 0.2) is 30.8 Å². The van der Waals surface area contributed by atoms with Crippen molar-refractivity contribution in [1.82, 2.24) is 0 Å². The van der Waals surface area contributed by atoms with Gasteiger partial charge in [0.2, 0.25) is 0 Å². The van der Waals surface area contributed by atoms with Crippen molar-refractivity contribution in [2.24, 2.45) is 11.8 Å². The van der Waals surface area contributed by atoms with Gasteiger partial charge in [-0.3, -0.25) is 0 Å². The Morgan fingerprint density at radius 2 is 1.39 bits per heavy atom. The van der Waals surface area contributed by atoms with E-state index in [0.29, 0.717) is 23.0 Å². The van der Waals surface area contributed by atoms with Gasteiger partial charge in [0.25, 0.3) is 0 Å². The van der Waals surface area contributed by atoms with Crippen molar-refractivity contribution < 1.29 is 8.78 Å². The van der Waals surface area contributed by atoms with E-state index in [2.05, 4.69) is 46.4 Å². The summed E-state index contributed by atoms with van der Waals surface area (Å²) in [6, 6.07) is 7.35. The van der Waals surface area contributed by atoms with Crippen molar-refractivity contribution in [3.8, 4) is 20.2 Å². The van der Waals surface area contributed by atoms with E-state index >= 15 is 4.39 Å². The second-order valence-electron chi connectivity index (χ2n) is 11.4. The smallest absolute Gasteiger partial charge is 0.132 e. The molecule has 0 saturated heterocycles. The molecule has 4 rings (SSSR count). The third-order valence-electron chi connectivity index (χ3n) is 8.80. The van der Waals surface area contributed by atoms with Crippen LogP contribution in [0.3, 0.4) is 0 Å². The Labute approximate surface area is 237 Å². The van der Waals surface area contributed by atoms with Gasteiger partial charge in [0.05, 0.1) is 0 Å². The molecule has 0 aliphatic heterocycles. The average Bonchev–Trinajstić information content (AvgIpc) is 3.59. The van der Waals surface area contributed by atoms with Crippen molar-refractivity contribution in [3.63, 3.8) is 0 Å². The van der Waals surface area contributed by atoms with E-state index in [1.165, 1.54) is 89.3 Å². The van der Waals surface area contributed by atoms with Gasteiger partial charge in [-0.2, -0.15) is 0 Å². The number of hydrogen-bond donors (Lipinski definition) is 0. The number of unbranched alkanes of at least 4 members (excludes halogenated alkanes) is 2. The van der Waals surface area contributed by atoms with Gasteiger partial charge in [-0.15, -0.1) is 22.7 Å². The fraction of sp³-hybridized carbons (Fsp3) is 0.529. The number of halogens is 2. The first-order chi connectivity index (χ1) is 18.3. The van der Waals surface area contributed by atoms with Crippen LogP contribution in [0.2, 0.25) is 0 Å². The maximum atomic E-state index is 15.2. The highest BCUT2D eigenvalue weighted by molar-refractivity contribution is 7.24. The molecule has 4 heteroatoms. The lowest BCUT2D eigenvalue weighted by molar-refractivity contribution is 0.266. The largest absolute Gasteiger partial charge is 0.207 e. The number of thiophene rings is 2. The molecule has 0 nitrogen and oxygen atoms in total. The second-order valence-corrected chi connectivity index (χ2v) is 13.5. The van der Waals surface area contributed by atoms with Gasteiger partial charge in [-0.05, 0) is 72.6 Å². The van der Waals surface area contributed by atoms with Gasteiger partial charge in [-0.25, -0.2) is 8.78 Å². The maximum absolute atomic E-state index is 15.2. The summed E-state index contributed by atoms with van der Waals surface area (Å²) in [4.78, 5) is 4.65. The molecule has 0 amide bonds. The predicted molar refractivity (Wildman–Crippen MR) is 164 cm³/mol. The van der Waals surface area contributed by atoms with Gasteiger partial charge in [0.1, 0.15) is 11.6 Å². The lowest BCUT2D eigenvalue weighted by Crippen LogP contribution is -2.31. The number of rotatable bonds is 14. The summed E-state index contributed by atoms with van der Waals surface area (Å²) in [5, 5.41) is 0. The first-order valence-electron chi connectivity index (χ1n) is 14.7. The van der Waals surface area contributed by atoms with Gasteiger partial charge >= 0.3 is 0 Å². The van der Waals surface area contributed by atoms with Crippen LogP contribution in [-0.2, 0) is 5.41 Å². The Bertz CT molecular complexity index is 1230. The number of hydrogen-bond acceptors (Lipinski definition) is 2. The molecule has 38 heavy (non-hydrogen) atoms. The van der Waals surface area contributed by atoms with Crippen LogP contribution >= 0.6 is 22.7 Å². The van der Waals surface area contributed by atoms with E-state index < -0.39 is 0 Å². The lowest BCUT2D eigenvalue weighted by Gasteiger charge is -2.37. The van der Waals surface area contributed by atoms with Crippen LogP contribution < -0.4 is 0 Å². The van der Waals surface area contributed by atoms with Crippen LogP contribution in [0.4, 0.5) is 8.78 Å². The molecule has 0 fully saturated rings. The summed E-state index contributed by atoms with van der Waals surface area (Å²) in [5.41, 5.74) is 3.48. The topological polar surface area (TPSA) is 0 Å². The predicted octanol–water partition coefficient (Wildman–Crippen LogP) is 12.2. The van der Waals surface area contributed by atoms with Gasteiger partial charge in [0, 0.05) is 30.5 Å². The molecule has 0 radical (unpaired) electrons. The summed E-state index contributed by atoms with van der Waals surface area (Å²) in [5.74, 6) is 0.599. The molecule has 3 atom stereocenters. The minimum absolute atomic E-state index is 0.0836. The quantitative estimate of drug-likeness (QED) is 0.186. The average molecular weight is 555 g/mol. The molecule has 206 valence electrons. The number of fused-ring (bicyclic) bond motifs is 3. The van der Waals surface area contributed by atoms with Crippen LogP contribution in [-0.4, -0.2) is 0 Å². The molecular formula is C34H44F2S2. The first-order valence-corrected chi connectivity index (χ1v) is 16.3. The Balaban J connectivity index is 1.91. The van der Waals surface area contributed by atoms with E-state index in [4.69, 9.17) is 0 Å². The van der Waals surface area contributed by atoms with E-state index in [9.17, 15) is 4.39 Å². The molecule has 0 saturated carbocycles. The highest BCUT2D eigenvalue weighted by Gasteiger charge is 2.47. The zero-order valence-corrected chi connectivity index (χ0v) is 25.5. The zero-order valence-electron chi connectivity index (χ0n) is 23.9. The van der Waals surface area contributed by atoms with E-state index in [0.717, 1.165) is 17.7 Å². The Morgan fingerprint density at radius 1 is 0.816 bits per heavy atom. The third-order valence-corrected chi connectivity index (χ3v) is 11.3. The Morgan fingerprint density at radius 3 is 1.95 bits per heavy atom. The summed E-state index contributed by atoms with van der Waals surface area (Å²) in [6.45, 7) is 14.9. The van der Waals surface area contributed by atoms with Gasteiger partial charge in [0.15, 0.2) is 0 Å². The number of benzene rings is 1. The molecule has 0 spiro atoms. The summed E-state index contributed by atoms with van der Waals surface area (Å²) in [7, 11) is 0. The normalized spacial score (nSPS) is 17.9. The molecular weight excluding hydrogens is 511 g/mol. The van der Waals surface area contributed by atoms with Crippen LogP contribution in [0.25, 0.3) is 26.3 Å². The minimum Gasteiger partial charge on any atom is -0.207 e. The minimum atomic E-state index is -0.344. The monoisotopic (exact) mass is 554 g/mol. The standard InChI is InChI=1S/C34H44F2S2/c1-7-12-14-23(9-3)20-34(21-24(10-4)15-13-8-2)27-17-25(11-5)37-32(27)33-28(34)19-31(38-33)26-18-29(35)22(6)16-30(26)36/h11,16-19,23-24H,5,7-10,12-15,20-21H2,1-4,6H3/t23-,24?,34?/m1/s1. The molecule has 3 aromatic rings. The third kappa shape index (κ3) is 5.59. The Kier molecular flexibility index (Phi) is 9.68. The van der Waals surface area contributed by atoms with Crippen molar-refractivity contribution in [2.45, 2.75) is 104 Å². The molecule has 1 aliphatic rings. The lowest BCUT2D eigenvalue weighted by atomic mass is 9.65. The summed E-state index contributed by atoms with van der Waals surface area (Å²) >= 11 is 3.46. The second kappa shape index (κ2) is 12.6. The van der Waals surface area contributed by atoms with Crippen molar-refractivity contribution in [2.75, 3.05) is 0 Å². The van der Waals surface area contributed by atoms with Crippen molar-refractivity contribution in [3.05, 3.63) is 64.0 Å². The fourth-order valence-electron chi connectivity index (χ4n) is 6.46. The zero-order chi connectivity index (χ0) is 27.4. The number of aryl methyl sites for hydroxylation is 1. The molecule has 1 aliphatic carbocycles. The SMILES string of the molecule is C=Cc1cc2c(s1)-c1sc(-c3cc(F)c(C)cc3F)cc1C2(CC(CC)CCCC)C[C@H](CC)CCCC. The van der Waals surface area contributed by atoms with E-state index in [1.807, 2.05) is 17.4 Å². The molecule has 1 aromatic carbocycles. The van der Waals surface area contributed by atoms with E-state index in [-0.39, 0.29) is 17.0 Å². The van der Waals surface area contributed by atoms with Gasteiger partial charge < -0.3 is 0 Å². The highest BCUT2D eigenvalue weighted by Crippen LogP contribution is 2.62. The summed E-state index contributed by atoms with van der Waals surface area (Å²) < 4.78 is 29.8.